The number of methoxy groups -OCH3 is 1. The van der Waals surface area contributed by atoms with Crippen molar-refractivity contribution in [3.05, 3.63) is 47.3 Å². The molecule has 1 aromatic heterocycles. The summed E-state index contributed by atoms with van der Waals surface area (Å²) in [5.41, 5.74) is 3.70. The van der Waals surface area contributed by atoms with Gasteiger partial charge in [0.05, 0.1) is 13.3 Å². The molecule has 0 aliphatic rings. The van der Waals surface area contributed by atoms with Crippen molar-refractivity contribution in [1.29, 1.82) is 0 Å². The Morgan fingerprint density at radius 3 is 2.58 bits per heavy atom. The van der Waals surface area contributed by atoms with E-state index in [1.54, 1.807) is 7.11 Å². The maximum atomic E-state index is 5.18. The van der Waals surface area contributed by atoms with E-state index < -0.39 is 0 Å². The minimum atomic E-state index is 0. The second-order valence-electron chi connectivity index (χ2n) is 5.91. The summed E-state index contributed by atoms with van der Waals surface area (Å²) in [6.07, 6.45) is 4.85. The van der Waals surface area contributed by atoms with Gasteiger partial charge in [-0.3, -0.25) is 10.1 Å². The van der Waals surface area contributed by atoms with Crippen LogP contribution in [0.2, 0.25) is 0 Å². The molecule has 1 aromatic carbocycles. The molecule has 6 nitrogen and oxygen atoms in total. The Bertz CT molecular complexity index is 654. The van der Waals surface area contributed by atoms with Gasteiger partial charge in [-0.05, 0) is 56.4 Å². The molecule has 0 atom stereocenters. The summed E-state index contributed by atoms with van der Waals surface area (Å²) < 4.78 is 5.18. The number of benzene rings is 1. The van der Waals surface area contributed by atoms with Crippen molar-refractivity contribution in [2.45, 2.75) is 33.1 Å². The molecule has 0 spiro atoms. The van der Waals surface area contributed by atoms with Crippen LogP contribution in [0.5, 0.6) is 5.75 Å². The molecule has 26 heavy (non-hydrogen) atoms. The Morgan fingerprint density at radius 1 is 1.19 bits per heavy atom. The molecule has 0 saturated heterocycles. The van der Waals surface area contributed by atoms with Crippen molar-refractivity contribution < 1.29 is 4.74 Å². The number of aromatic nitrogens is 2. The number of ether oxygens (including phenoxy) is 1. The zero-order valence-electron chi connectivity index (χ0n) is 15.8. The predicted molar refractivity (Wildman–Crippen MR) is 118 cm³/mol. The van der Waals surface area contributed by atoms with Gasteiger partial charge in [-0.15, -0.1) is 24.0 Å². The van der Waals surface area contributed by atoms with Crippen molar-refractivity contribution in [2.24, 2.45) is 4.99 Å². The van der Waals surface area contributed by atoms with Crippen LogP contribution in [0, 0.1) is 6.92 Å². The van der Waals surface area contributed by atoms with Crippen molar-refractivity contribution in [3.63, 3.8) is 0 Å². The zero-order chi connectivity index (χ0) is 17.9. The fraction of sp³-hybridized carbons (Fsp3) is 0.474. The van der Waals surface area contributed by atoms with Gasteiger partial charge in [-0.1, -0.05) is 12.1 Å². The van der Waals surface area contributed by atoms with Crippen molar-refractivity contribution in [2.75, 3.05) is 26.7 Å². The average molecular weight is 471 g/mol. The van der Waals surface area contributed by atoms with E-state index in [0.717, 1.165) is 56.3 Å². The third-order valence-corrected chi connectivity index (χ3v) is 4.02. The number of aryl methyl sites for hydroxylation is 2. The van der Waals surface area contributed by atoms with Gasteiger partial charge in [-0.25, -0.2) is 0 Å². The standard InChI is InChI=1S/C19H29N5O.HI/c1-4-20-19(21-12-5-6-17-14-23-24-15(17)2)22-13-11-16-7-9-18(25-3)10-8-16;/h7-10,14H,4-6,11-13H2,1-3H3,(H,23,24)(H2,20,21,22);1H. The Morgan fingerprint density at radius 2 is 1.96 bits per heavy atom. The first-order valence-corrected chi connectivity index (χ1v) is 8.87. The van der Waals surface area contributed by atoms with Crippen LogP contribution in [0.25, 0.3) is 0 Å². The second-order valence-corrected chi connectivity index (χ2v) is 5.91. The fourth-order valence-electron chi connectivity index (χ4n) is 2.55. The van der Waals surface area contributed by atoms with Gasteiger partial charge in [0.25, 0.3) is 0 Å². The molecule has 0 bridgehead atoms. The lowest BCUT2D eigenvalue weighted by Gasteiger charge is -2.11. The van der Waals surface area contributed by atoms with E-state index >= 15 is 0 Å². The first kappa shape index (κ1) is 22.3. The van der Waals surface area contributed by atoms with Gasteiger partial charge in [-0.2, -0.15) is 5.10 Å². The summed E-state index contributed by atoms with van der Waals surface area (Å²) >= 11 is 0. The number of hydrogen-bond donors (Lipinski definition) is 3. The summed E-state index contributed by atoms with van der Waals surface area (Å²) in [7, 11) is 1.68. The van der Waals surface area contributed by atoms with Gasteiger partial charge in [0.15, 0.2) is 5.96 Å². The van der Waals surface area contributed by atoms with Crippen molar-refractivity contribution in [3.8, 4) is 5.75 Å². The molecule has 0 aliphatic carbocycles. The summed E-state index contributed by atoms with van der Waals surface area (Å²) in [6, 6.07) is 8.18. The lowest BCUT2D eigenvalue weighted by atomic mass is 10.1. The van der Waals surface area contributed by atoms with E-state index in [2.05, 4.69) is 51.8 Å². The Hall–Kier alpha value is -1.77. The maximum absolute atomic E-state index is 5.18. The summed E-state index contributed by atoms with van der Waals surface area (Å²) in [5, 5.41) is 13.7. The van der Waals surface area contributed by atoms with Crippen molar-refractivity contribution in [1.82, 2.24) is 20.8 Å². The number of aromatic amines is 1. The second kappa shape index (κ2) is 12.6. The number of nitrogens with one attached hydrogen (secondary N) is 3. The summed E-state index contributed by atoms with van der Waals surface area (Å²) in [5.74, 6) is 1.76. The van der Waals surface area contributed by atoms with Crippen LogP contribution in [0.4, 0.5) is 0 Å². The fourth-order valence-corrected chi connectivity index (χ4v) is 2.55. The number of hydrogen-bond acceptors (Lipinski definition) is 3. The molecule has 2 aromatic rings. The molecule has 0 saturated carbocycles. The number of aliphatic imine (C=N–C) groups is 1. The Balaban J connectivity index is 0.00000338. The summed E-state index contributed by atoms with van der Waals surface area (Å²) in [6.45, 7) is 6.63. The largest absolute Gasteiger partial charge is 0.497 e. The minimum absolute atomic E-state index is 0. The molecule has 144 valence electrons. The highest BCUT2D eigenvalue weighted by Gasteiger charge is 2.01. The molecular weight excluding hydrogens is 441 g/mol. The maximum Gasteiger partial charge on any atom is 0.191 e. The van der Waals surface area contributed by atoms with Crippen LogP contribution in [0.15, 0.2) is 35.5 Å². The first-order chi connectivity index (χ1) is 12.2. The van der Waals surface area contributed by atoms with Gasteiger partial charge in [0.2, 0.25) is 0 Å². The highest BCUT2D eigenvalue weighted by atomic mass is 127. The molecule has 0 radical (unpaired) electrons. The normalized spacial score (nSPS) is 11.0. The van der Waals surface area contributed by atoms with E-state index in [0.29, 0.717) is 0 Å². The topological polar surface area (TPSA) is 74.3 Å². The van der Waals surface area contributed by atoms with Crippen molar-refractivity contribution >= 4 is 29.9 Å². The highest BCUT2D eigenvalue weighted by molar-refractivity contribution is 14.0. The van der Waals surface area contributed by atoms with Crippen LogP contribution in [0.3, 0.4) is 0 Å². The smallest absolute Gasteiger partial charge is 0.191 e. The first-order valence-electron chi connectivity index (χ1n) is 8.87. The van der Waals surface area contributed by atoms with Gasteiger partial charge >= 0.3 is 0 Å². The number of nitrogens with zero attached hydrogens (tertiary/aromatic N) is 2. The van der Waals surface area contributed by atoms with E-state index in [1.165, 1.54) is 11.1 Å². The third kappa shape index (κ3) is 7.63. The number of rotatable bonds is 9. The van der Waals surface area contributed by atoms with E-state index in [9.17, 15) is 0 Å². The lowest BCUT2D eigenvalue weighted by molar-refractivity contribution is 0.414. The molecule has 0 amide bonds. The van der Waals surface area contributed by atoms with Crippen LogP contribution < -0.4 is 15.4 Å². The molecule has 0 fully saturated rings. The molecule has 0 unspecified atom stereocenters. The lowest BCUT2D eigenvalue weighted by Crippen LogP contribution is -2.38. The SMILES string of the molecule is CCNC(=NCCCc1cn[nH]c1C)NCCc1ccc(OC)cc1.I. The number of H-pyrrole nitrogens is 1. The molecule has 3 N–H and O–H groups in total. The number of halogens is 1. The average Bonchev–Trinajstić information content (AvgIpc) is 3.04. The minimum Gasteiger partial charge on any atom is -0.497 e. The predicted octanol–water partition coefficient (Wildman–Crippen LogP) is 3.08. The van der Waals surface area contributed by atoms with E-state index in [-0.39, 0.29) is 24.0 Å². The monoisotopic (exact) mass is 471 g/mol. The highest BCUT2D eigenvalue weighted by Crippen LogP contribution is 2.11. The zero-order valence-corrected chi connectivity index (χ0v) is 18.2. The van der Waals surface area contributed by atoms with Crippen LogP contribution in [-0.4, -0.2) is 42.9 Å². The molecule has 1 heterocycles. The molecule has 0 aliphatic heterocycles. The summed E-state index contributed by atoms with van der Waals surface area (Å²) in [4.78, 5) is 4.64. The van der Waals surface area contributed by atoms with Crippen LogP contribution >= 0.6 is 24.0 Å². The Labute approximate surface area is 173 Å². The van der Waals surface area contributed by atoms with E-state index in [4.69, 9.17) is 4.74 Å². The van der Waals surface area contributed by atoms with Gasteiger partial charge < -0.3 is 15.4 Å². The van der Waals surface area contributed by atoms with Gasteiger partial charge in [0.1, 0.15) is 5.75 Å². The molecule has 2 rings (SSSR count). The molecular formula is C19H30IN5O. The quantitative estimate of drug-likeness (QED) is 0.228. The van der Waals surface area contributed by atoms with Gasteiger partial charge in [0, 0.05) is 25.3 Å². The van der Waals surface area contributed by atoms with E-state index in [1.807, 2.05) is 18.3 Å². The Kier molecular flexibility index (Phi) is 10.8. The van der Waals surface area contributed by atoms with Crippen LogP contribution in [0.1, 0.15) is 30.2 Å². The number of guanidine groups is 1. The van der Waals surface area contributed by atoms with Crippen LogP contribution in [-0.2, 0) is 12.8 Å². The molecule has 7 heteroatoms. The third-order valence-electron chi connectivity index (χ3n) is 4.02.